The van der Waals surface area contributed by atoms with E-state index in [1.165, 1.54) is 36.5 Å². The molecule has 3 N–H and O–H groups in total. The first-order chi connectivity index (χ1) is 15.6. The summed E-state index contributed by atoms with van der Waals surface area (Å²) in [4.78, 5) is 22.8. The monoisotopic (exact) mass is 479 g/mol. The lowest BCUT2D eigenvalue weighted by Gasteiger charge is -2.11. The number of rotatable bonds is 7. The first-order valence-electron chi connectivity index (χ1n) is 9.18. The molecule has 9 nitrogen and oxygen atoms in total. The molecule has 174 valence electrons. The molecule has 0 saturated heterocycles. The van der Waals surface area contributed by atoms with E-state index in [1.54, 1.807) is 7.05 Å². The third-order valence-electron chi connectivity index (χ3n) is 4.04. The van der Waals surface area contributed by atoms with E-state index in [4.69, 9.17) is 10.2 Å². The van der Waals surface area contributed by atoms with Crippen LogP contribution < -0.4 is 5.32 Å². The summed E-state index contributed by atoms with van der Waals surface area (Å²) >= 11 is 0. The highest BCUT2D eigenvalue weighted by atomic mass is 32.2. The second-order valence-electron chi connectivity index (χ2n) is 6.33. The number of benzene rings is 1. The maximum absolute atomic E-state index is 14.9. The summed E-state index contributed by atoms with van der Waals surface area (Å²) in [5.41, 5.74) is -0.352. The van der Waals surface area contributed by atoms with Gasteiger partial charge >= 0.3 is 11.9 Å². The van der Waals surface area contributed by atoms with Gasteiger partial charge in [0.25, 0.3) is 10.0 Å². The third kappa shape index (κ3) is 6.30. The Morgan fingerprint density at radius 3 is 2.24 bits per heavy atom. The standard InChI is InChI=1S/C17H15F2N3O2S.C4H4O4/c1-20-9-12-11-22(25(23,24)13-5-4-8-21-10-13)17(16(12)19)14-6-2-3-7-15(14)18;5-3(6)1-2-4(7)8/h2-8,10-11,20H,9H2,1H3;1-2H,(H,5,6)(H,7,8)/b;2-1+. The summed E-state index contributed by atoms with van der Waals surface area (Å²) in [6, 6.07) is 8.28. The molecule has 0 aliphatic heterocycles. The van der Waals surface area contributed by atoms with E-state index < -0.39 is 33.6 Å². The Labute approximate surface area is 187 Å². The second-order valence-corrected chi connectivity index (χ2v) is 8.14. The SMILES string of the molecule is CNCc1cn(S(=O)(=O)c2cccnc2)c(-c2ccccc2F)c1F.O=C(O)/C=C/C(=O)O. The molecule has 0 aliphatic rings. The molecule has 0 aliphatic carbocycles. The molecule has 0 spiro atoms. The number of carboxylic acids is 2. The van der Waals surface area contributed by atoms with E-state index in [2.05, 4.69) is 10.3 Å². The van der Waals surface area contributed by atoms with Crippen LogP contribution in [-0.2, 0) is 26.2 Å². The van der Waals surface area contributed by atoms with Crippen LogP contribution in [0.15, 0.2) is 72.0 Å². The van der Waals surface area contributed by atoms with Crippen LogP contribution in [0.3, 0.4) is 0 Å². The molecule has 3 rings (SSSR count). The molecule has 1 aromatic carbocycles. The number of hydrogen-bond acceptors (Lipinski definition) is 6. The molecule has 0 amide bonds. The smallest absolute Gasteiger partial charge is 0.328 e. The largest absolute Gasteiger partial charge is 0.478 e. The Morgan fingerprint density at radius 1 is 1.09 bits per heavy atom. The van der Waals surface area contributed by atoms with Crippen molar-refractivity contribution in [2.75, 3.05) is 7.05 Å². The van der Waals surface area contributed by atoms with Crippen molar-refractivity contribution in [3.63, 3.8) is 0 Å². The molecule has 0 bridgehead atoms. The lowest BCUT2D eigenvalue weighted by molar-refractivity contribution is -0.134. The summed E-state index contributed by atoms with van der Waals surface area (Å²) in [5.74, 6) is -4.01. The van der Waals surface area contributed by atoms with E-state index in [9.17, 15) is 26.8 Å². The van der Waals surface area contributed by atoms with Crippen LogP contribution in [0.25, 0.3) is 11.3 Å². The Morgan fingerprint density at radius 2 is 1.73 bits per heavy atom. The van der Waals surface area contributed by atoms with Crippen LogP contribution in [0.1, 0.15) is 5.56 Å². The number of carboxylic acid groups (broad SMARTS) is 2. The minimum absolute atomic E-state index is 0.100. The van der Waals surface area contributed by atoms with Crippen LogP contribution in [-0.4, -0.2) is 46.6 Å². The Bertz CT molecular complexity index is 1260. The molecule has 2 aromatic heterocycles. The summed E-state index contributed by atoms with van der Waals surface area (Å²) < 4.78 is 55.7. The quantitative estimate of drug-likeness (QED) is 0.440. The van der Waals surface area contributed by atoms with Gasteiger partial charge in [-0.05, 0) is 31.3 Å². The minimum atomic E-state index is -4.13. The molecule has 0 unspecified atom stereocenters. The molecule has 0 atom stereocenters. The molecule has 3 aromatic rings. The average molecular weight is 479 g/mol. The van der Waals surface area contributed by atoms with Gasteiger partial charge in [0, 0.05) is 48.4 Å². The highest BCUT2D eigenvalue weighted by Crippen LogP contribution is 2.32. The van der Waals surface area contributed by atoms with Crippen LogP contribution >= 0.6 is 0 Å². The lowest BCUT2D eigenvalue weighted by atomic mass is 10.1. The van der Waals surface area contributed by atoms with Crippen LogP contribution in [0, 0.1) is 11.6 Å². The first-order valence-corrected chi connectivity index (χ1v) is 10.6. The van der Waals surface area contributed by atoms with E-state index in [-0.39, 0.29) is 28.3 Å². The molecule has 0 saturated carbocycles. The number of hydrogen-bond donors (Lipinski definition) is 3. The number of pyridine rings is 1. The molecule has 2 heterocycles. The maximum atomic E-state index is 14.9. The highest BCUT2D eigenvalue weighted by molar-refractivity contribution is 7.90. The molecular weight excluding hydrogens is 460 g/mol. The predicted octanol–water partition coefficient (Wildman–Crippen LogP) is 2.50. The van der Waals surface area contributed by atoms with Gasteiger partial charge in [-0.1, -0.05) is 12.1 Å². The second kappa shape index (κ2) is 11.1. The number of halogens is 2. The number of nitrogens with one attached hydrogen (secondary N) is 1. The Balaban J connectivity index is 0.000000414. The van der Waals surface area contributed by atoms with Gasteiger partial charge in [-0.25, -0.2) is 30.8 Å². The number of aliphatic carboxylic acids is 2. The van der Waals surface area contributed by atoms with Gasteiger partial charge in [-0.2, -0.15) is 0 Å². The number of nitrogens with zero attached hydrogens (tertiary/aromatic N) is 2. The van der Waals surface area contributed by atoms with Crippen molar-refractivity contribution >= 4 is 22.0 Å². The van der Waals surface area contributed by atoms with Crippen molar-refractivity contribution < 1.29 is 37.0 Å². The zero-order chi connectivity index (χ0) is 24.6. The fraction of sp³-hybridized carbons (Fsp3) is 0.0952. The fourth-order valence-electron chi connectivity index (χ4n) is 2.66. The molecule has 12 heteroatoms. The van der Waals surface area contributed by atoms with Gasteiger partial charge in [-0.15, -0.1) is 0 Å². The normalized spacial score (nSPS) is 11.1. The highest BCUT2D eigenvalue weighted by Gasteiger charge is 2.27. The summed E-state index contributed by atoms with van der Waals surface area (Å²) in [7, 11) is -2.53. The summed E-state index contributed by atoms with van der Waals surface area (Å²) in [6.45, 7) is 0.100. The van der Waals surface area contributed by atoms with Crippen molar-refractivity contribution in [2.24, 2.45) is 0 Å². The zero-order valence-corrected chi connectivity index (χ0v) is 18.0. The fourth-order valence-corrected chi connectivity index (χ4v) is 4.02. The van der Waals surface area contributed by atoms with Gasteiger partial charge < -0.3 is 15.5 Å². The number of carbonyl (C=O) groups is 2. The molecular formula is C21H19F2N3O6S. The minimum Gasteiger partial charge on any atom is -0.478 e. The van der Waals surface area contributed by atoms with Gasteiger partial charge in [0.15, 0.2) is 5.82 Å². The predicted molar refractivity (Wildman–Crippen MR) is 114 cm³/mol. The van der Waals surface area contributed by atoms with E-state index in [1.807, 2.05) is 0 Å². The maximum Gasteiger partial charge on any atom is 0.328 e. The Hall–Kier alpha value is -3.90. The average Bonchev–Trinajstić information content (AvgIpc) is 3.11. The molecule has 0 radical (unpaired) electrons. The van der Waals surface area contributed by atoms with Gasteiger partial charge in [-0.3, -0.25) is 4.98 Å². The lowest BCUT2D eigenvalue weighted by Crippen LogP contribution is -2.14. The van der Waals surface area contributed by atoms with Crippen LogP contribution in [0.2, 0.25) is 0 Å². The zero-order valence-electron chi connectivity index (χ0n) is 17.1. The van der Waals surface area contributed by atoms with Gasteiger partial charge in [0.05, 0.1) is 0 Å². The summed E-state index contributed by atoms with van der Waals surface area (Å²) in [5, 5.41) is 18.4. The van der Waals surface area contributed by atoms with E-state index >= 15 is 0 Å². The third-order valence-corrected chi connectivity index (χ3v) is 5.68. The van der Waals surface area contributed by atoms with Crippen LogP contribution in [0.5, 0.6) is 0 Å². The van der Waals surface area contributed by atoms with Crippen molar-refractivity contribution in [1.82, 2.24) is 14.3 Å². The van der Waals surface area contributed by atoms with Crippen molar-refractivity contribution in [1.29, 1.82) is 0 Å². The molecule has 0 fully saturated rings. The van der Waals surface area contributed by atoms with Crippen molar-refractivity contribution in [3.8, 4) is 11.3 Å². The van der Waals surface area contributed by atoms with E-state index in [0.29, 0.717) is 12.2 Å². The van der Waals surface area contributed by atoms with Crippen molar-refractivity contribution in [3.05, 3.63) is 84.3 Å². The topological polar surface area (TPSA) is 139 Å². The van der Waals surface area contributed by atoms with Crippen molar-refractivity contribution in [2.45, 2.75) is 11.4 Å². The van der Waals surface area contributed by atoms with Crippen LogP contribution in [0.4, 0.5) is 8.78 Å². The van der Waals surface area contributed by atoms with Gasteiger partial charge in [0.2, 0.25) is 0 Å². The summed E-state index contributed by atoms with van der Waals surface area (Å²) in [6.07, 6.45) is 4.87. The molecule has 33 heavy (non-hydrogen) atoms. The van der Waals surface area contributed by atoms with Gasteiger partial charge in [0.1, 0.15) is 16.4 Å². The van der Waals surface area contributed by atoms with E-state index in [0.717, 1.165) is 22.4 Å². The number of aromatic nitrogens is 2. The first kappa shape index (κ1) is 25.4. The Kier molecular flexibility index (Phi) is 8.54.